The van der Waals surface area contributed by atoms with Gasteiger partial charge in [-0.25, -0.2) is 0 Å². The predicted molar refractivity (Wildman–Crippen MR) is 100 cm³/mol. The largest absolute Gasteiger partial charge is 0.368 e. The molecule has 0 spiro atoms. The van der Waals surface area contributed by atoms with Crippen molar-refractivity contribution in [1.29, 1.82) is 0 Å². The van der Waals surface area contributed by atoms with Crippen LogP contribution in [0.2, 0.25) is 0 Å². The number of carbonyl (C=O) groups is 2. The normalized spacial score (nSPS) is 16.3. The van der Waals surface area contributed by atoms with E-state index in [1.165, 1.54) is 12.1 Å². The van der Waals surface area contributed by atoms with Crippen molar-refractivity contribution in [3.8, 4) is 0 Å². The molecular formula is C19H18F2N2O3S. The van der Waals surface area contributed by atoms with E-state index in [1.54, 1.807) is 36.4 Å². The van der Waals surface area contributed by atoms with Crippen molar-refractivity contribution < 1.29 is 23.1 Å². The van der Waals surface area contributed by atoms with E-state index in [0.29, 0.717) is 41.7 Å². The van der Waals surface area contributed by atoms with Crippen LogP contribution >= 0.6 is 11.8 Å². The topological polar surface area (TPSA) is 67.4 Å². The van der Waals surface area contributed by atoms with E-state index in [9.17, 15) is 18.4 Å². The predicted octanol–water partition coefficient (Wildman–Crippen LogP) is 4.37. The number of thioether (sulfide) groups is 1. The second-order valence-electron chi connectivity index (χ2n) is 5.90. The van der Waals surface area contributed by atoms with Gasteiger partial charge in [-0.1, -0.05) is 30.0 Å². The molecule has 27 heavy (non-hydrogen) atoms. The fourth-order valence-corrected chi connectivity index (χ4v) is 3.30. The number of hydrogen-bond donors (Lipinski definition) is 2. The van der Waals surface area contributed by atoms with E-state index in [-0.39, 0.29) is 10.8 Å². The molecule has 0 unspecified atom stereocenters. The first-order valence-corrected chi connectivity index (χ1v) is 9.28. The van der Waals surface area contributed by atoms with E-state index in [1.807, 2.05) is 0 Å². The summed E-state index contributed by atoms with van der Waals surface area (Å²) in [6.45, 7) is 0.566. The highest BCUT2D eigenvalue weighted by molar-refractivity contribution is 7.99. The lowest BCUT2D eigenvalue weighted by Crippen LogP contribution is -2.27. The van der Waals surface area contributed by atoms with Crippen LogP contribution in [0.25, 0.3) is 0 Å². The van der Waals surface area contributed by atoms with E-state index in [2.05, 4.69) is 10.6 Å². The Hall–Kier alpha value is -2.45. The molecule has 1 aliphatic heterocycles. The second kappa shape index (κ2) is 8.96. The SMILES string of the molecule is O=C(Nc1ccccc1SC(F)F)c1cccc(NC(=O)[C@@H]2CCCO2)c1. The molecule has 1 aliphatic rings. The van der Waals surface area contributed by atoms with E-state index in [4.69, 9.17) is 4.74 Å². The highest BCUT2D eigenvalue weighted by atomic mass is 32.2. The minimum atomic E-state index is -2.58. The summed E-state index contributed by atoms with van der Waals surface area (Å²) in [5, 5.41) is 5.37. The van der Waals surface area contributed by atoms with Crippen molar-refractivity contribution in [2.45, 2.75) is 29.6 Å². The molecule has 142 valence electrons. The molecule has 8 heteroatoms. The third kappa shape index (κ3) is 5.27. The summed E-state index contributed by atoms with van der Waals surface area (Å²) in [6, 6.07) is 12.8. The smallest absolute Gasteiger partial charge is 0.288 e. The van der Waals surface area contributed by atoms with Crippen LogP contribution in [0.5, 0.6) is 0 Å². The maximum Gasteiger partial charge on any atom is 0.288 e. The average molecular weight is 392 g/mol. The minimum absolute atomic E-state index is 0.247. The number of halogens is 2. The van der Waals surface area contributed by atoms with E-state index in [0.717, 1.165) is 6.42 Å². The summed E-state index contributed by atoms with van der Waals surface area (Å²) in [6.07, 6.45) is 1.04. The molecule has 2 aromatic carbocycles. The number of hydrogen-bond acceptors (Lipinski definition) is 4. The summed E-state index contributed by atoms with van der Waals surface area (Å²) in [4.78, 5) is 24.9. The summed E-state index contributed by atoms with van der Waals surface area (Å²) >= 11 is 0.369. The van der Waals surface area contributed by atoms with Gasteiger partial charge in [0.25, 0.3) is 17.6 Å². The van der Waals surface area contributed by atoms with Crippen LogP contribution in [-0.4, -0.2) is 30.3 Å². The lowest BCUT2D eigenvalue weighted by Gasteiger charge is -2.12. The fraction of sp³-hybridized carbons (Fsp3) is 0.263. The molecule has 1 fully saturated rings. The van der Waals surface area contributed by atoms with Crippen LogP contribution < -0.4 is 10.6 Å². The Bertz CT molecular complexity index is 826. The lowest BCUT2D eigenvalue weighted by molar-refractivity contribution is -0.124. The fourth-order valence-electron chi connectivity index (χ4n) is 2.71. The zero-order valence-corrected chi connectivity index (χ0v) is 15.1. The zero-order valence-electron chi connectivity index (χ0n) is 14.3. The Morgan fingerprint density at radius 3 is 2.67 bits per heavy atom. The Morgan fingerprint density at radius 1 is 1.11 bits per heavy atom. The molecular weight excluding hydrogens is 374 g/mol. The van der Waals surface area contributed by atoms with Gasteiger partial charge in [-0.3, -0.25) is 9.59 Å². The minimum Gasteiger partial charge on any atom is -0.368 e. The molecule has 0 radical (unpaired) electrons. The molecule has 2 aromatic rings. The average Bonchev–Trinajstić information content (AvgIpc) is 3.18. The van der Waals surface area contributed by atoms with Gasteiger partial charge in [0.05, 0.1) is 5.69 Å². The van der Waals surface area contributed by atoms with Crippen LogP contribution in [0.15, 0.2) is 53.4 Å². The maximum atomic E-state index is 12.7. The van der Waals surface area contributed by atoms with Crippen molar-refractivity contribution in [3.63, 3.8) is 0 Å². The van der Waals surface area contributed by atoms with Gasteiger partial charge in [0.2, 0.25) is 0 Å². The lowest BCUT2D eigenvalue weighted by atomic mass is 10.1. The first kappa shape index (κ1) is 19.3. The monoisotopic (exact) mass is 392 g/mol. The van der Waals surface area contributed by atoms with Crippen LogP contribution in [0, 0.1) is 0 Å². The number of benzene rings is 2. The molecule has 0 bridgehead atoms. The summed E-state index contributed by atoms with van der Waals surface area (Å²) < 4.78 is 30.7. The van der Waals surface area contributed by atoms with Crippen molar-refractivity contribution in [2.24, 2.45) is 0 Å². The second-order valence-corrected chi connectivity index (χ2v) is 6.93. The number of anilines is 2. The summed E-state index contributed by atoms with van der Waals surface area (Å²) in [5.74, 6) is -3.28. The van der Waals surface area contributed by atoms with Crippen molar-refractivity contribution >= 4 is 35.0 Å². The number of rotatable bonds is 6. The Balaban J connectivity index is 1.69. The first-order valence-electron chi connectivity index (χ1n) is 8.40. The quantitative estimate of drug-likeness (QED) is 0.717. The molecule has 3 rings (SSSR count). The van der Waals surface area contributed by atoms with Gasteiger partial charge in [-0.15, -0.1) is 0 Å². The van der Waals surface area contributed by atoms with Crippen molar-refractivity contribution in [1.82, 2.24) is 0 Å². The van der Waals surface area contributed by atoms with Gasteiger partial charge < -0.3 is 15.4 Å². The zero-order chi connectivity index (χ0) is 19.2. The molecule has 1 saturated heterocycles. The molecule has 0 aromatic heterocycles. The maximum absolute atomic E-state index is 12.7. The van der Waals surface area contributed by atoms with Gasteiger partial charge in [-0.2, -0.15) is 8.78 Å². The van der Waals surface area contributed by atoms with Crippen LogP contribution in [0.4, 0.5) is 20.2 Å². The molecule has 1 heterocycles. The molecule has 5 nitrogen and oxygen atoms in total. The van der Waals surface area contributed by atoms with Crippen molar-refractivity contribution in [2.75, 3.05) is 17.2 Å². The number of ether oxygens (including phenoxy) is 1. The molecule has 2 amide bonds. The number of carbonyl (C=O) groups excluding carboxylic acids is 2. The first-order chi connectivity index (χ1) is 13.0. The highest BCUT2D eigenvalue weighted by Crippen LogP contribution is 2.32. The van der Waals surface area contributed by atoms with E-state index >= 15 is 0 Å². The van der Waals surface area contributed by atoms with E-state index < -0.39 is 17.8 Å². The third-order valence-corrected chi connectivity index (χ3v) is 4.75. The van der Waals surface area contributed by atoms with Gasteiger partial charge in [-0.05, 0) is 43.2 Å². The Kier molecular flexibility index (Phi) is 6.41. The molecule has 1 atom stereocenters. The summed E-state index contributed by atoms with van der Waals surface area (Å²) in [5.41, 5.74) is 1.08. The number of para-hydroxylation sites is 1. The standard InChI is InChI=1S/C19H18F2N2O3S/c20-19(21)27-16-9-2-1-7-14(16)23-17(24)12-5-3-6-13(11-12)22-18(25)15-8-4-10-26-15/h1-3,5-7,9,11,15,19H,4,8,10H2,(H,22,25)(H,23,24)/t15-/m0/s1. The van der Waals surface area contributed by atoms with Gasteiger partial charge in [0.1, 0.15) is 6.10 Å². The van der Waals surface area contributed by atoms with Crippen LogP contribution in [0.1, 0.15) is 23.2 Å². The third-order valence-electron chi connectivity index (χ3n) is 3.97. The Labute approximate surface area is 159 Å². The number of alkyl halides is 2. The number of nitrogens with one attached hydrogen (secondary N) is 2. The molecule has 0 aliphatic carbocycles. The summed E-state index contributed by atoms with van der Waals surface area (Å²) in [7, 11) is 0. The van der Waals surface area contributed by atoms with Crippen LogP contribution in [0.3, 0.4) is 0 Å². The van der Waals surface area contributed by atoms with Gasteiger partial charge in [0, 0.05) is 22.8 Å². The molecule has 0 saturated carbocycles. The van der Waals surface area contributed by atoms with Crippen molar-refractivity contribution in [3.05, 3.63) is 54.1 Å². The Morgan fingerprint density at radius 2 is 1.93 bits per heavy atom. The number of amides is 2. The highest BCUT2D eigenvalue weighted by Gasteiger charge is 2.23. The van der Waals surface area contributed by atoms with Gasteiger partial charge >= 0.3 is 0 Å². The van der Waals surface area contributed by atoms with Gasteiger partial charge in [0.15, 0.2) is 0 Å². The molecule has 2 N–H and O–H groups in total. The van der Waals surface area contributed by atoms with Crippen LogP contribution in [-0.2, 0) is 9.53 Å².